The summed E-state index contributed by atoms with van der Waals surface area (Å²) in [5.74, 6) is -0.345. The molecule has 0 unspecified atom stereocenters. The van der Waals surface area contributed by atoms with Crippen molar-refractivity contribution in [2.75, 3.05) is 0 Å². The molecule has 0 fully saturated rings. The molecule has 0 aliphatic heterocycles. The Labute approximate surface area is 142 Å². The Hall–Kier alpha value is -2.44. The van der Waals surface area contributed by atoms with Crippen LogP contribution in [-0.2, 0) is 0 Å². The van der Waals surface area contributed by atoms with Crippen molar-refractivity contribution in [1.29, 1.82) is 0 Å². The smallest absolute Gasteiger partial charge is 0.272 e. The quantitative estimate of drug-likeness (QED) is 0.557. The van der Waals surface area contributed by atoms with Gasteiger partial charge in [0.15, 0.2) is 0 Å². The van der Waals surface area contributed by atoms with Gasteiger partial charge in [0.1, 0.15) is 5.69 Å². The van der Waals surface area contributed by atoms with Gasteiger partial charge in [0, 0.05) is 20.3 Å². The highest BCUT2D eigenvalue weighted by Crippen LogP contribution is 2.20. The Balaban J connectivity index is 1.66. The van der Waals surface area contributed by atoms with Crippen LogP contribution in [-0.4, -0.2) is 22.3 Å². The Morgan fingerprint density at radius 3 is 2.78 bits per heavy atom. The first-order valence-corrected chi connectivity index (χ1v) is 8.02. The molecule has 0 atom stereocenters. The fourth-order valence-electron chi connectivity index (χ4n) is 1.94. The van der Waals surface area contributed by atoms with E-state index in [1.54, 1.807) is 35.8 Å². The van der Waals surface area contributed by atoms with E-state index in [-0.39, 0.29) is 5.91 Å². The van der Waals surface area contributed by atoms with Crippen molar-refractivity contribution in [1.82, 2.24) is 15.6 Å². The monoisotopic (exact) mass is 344 g/mol. The first kappa shape index (κ1) is 15.5. The standard InChI is InChI=1S/C16H13ClN4OS/c1-10-2-7-13(23-10)9-18-21-16(22)15-8-14(19-20-15)11-3-5-12(17)6-4-11/h2-9H,1H3,(H,19,20)(H,21,22). The molecule has 1 aromatic carbocycles. The van der Waals surface area contributed by atoms with E-state index in [2.05, 4.69) is 20.7 Å². The SMILES string of the molecule is Cc1ccc(C=NNC(=O)c2cc(-c3ccc(Cl)cc3)n[nH]2)s1. The Morgan fingerprint density at radius 2 is 2.09 bits per heavy atom. The maximum atomic E-state index is 12.0. The minimum Gasteiger partial charge on any atom is -0.272 e. The van der Waals surface area contributed by atoms with Gasteiger partial charge in [-0.2, -0.15) is 10.2 Å². The minimum absolute atomic E-state index is 0.342. The van der Waals surface area contributed by atoms with Crippen LogP contribution in [0.1, 0.15) is 20.2 Å². The number of amides is 1. The van der Waals surface area contributed by atoms with Crippen LogP contribution >= 0.6 is 22.9 Å². The molecule has 3 rings (SSSR count). The van der Waals surface area contributed by atoms with Gasteiger partial charge in [-0.15, -0.1) is 11.3 Å². The lowest BCUT2D eigenvalue weighted by molar-refractivity contribution is 0.0950. The fourth-order valence-corrected chi connectivity index (χ4v) is 2.82. The minimum atomic E-state index is -0.345. The third-order valence-corrected chi connectivity index (χ3v) is 4.27. The van der Waals surface area contributed by atoms with Crippen molar-refractivity contribution in [2.24, 2.45) is 5.10 Å². The van der Waals surface area contributed by atoms with Gasteiger partial charge in [-0.25, -0.2) is 5.43 Å². The number of nitrogens with zero attached hydrogens (tertiary/aromatic N) is 2. The maximum Gasteiger partial charge on any atom is 0.289 e. The second kappa shape index (κ2) is 6.76. The van der Waals surface area contributed by atoms with Crippen LogP contribution < -0.4 is 5.43 Å². The number of hydrazone groups is 1. The molecule has 2 N–H and O–H groups in total. The number of hydrogen-bond donors (Lipinski definition) is 2. The lowest BCUT2D eigenvalue weighted by Crippen LogP contribution is -2.17. The van der Waals surface area contributed by atoms with Gasteiger partial charge >= 0.3 is 0 Å². The Bertz CT molecular complexity index is 851. The number of hydrogen-bond acceptors (Lipinski definition) is 4. The molecule has 0 aliphatic carbocycles. The number of halogens is 1. The zero-order valence-electron chi connectivity index (χ0n) is 12.2. The lowest BCUT2D eigenvalue weighted by atomic mass is 10.1. The number of H-pyrrole nitrogens is 1. The van der Waals surface area contributed by atoms with Gasteiger partial charge in [-0.1, -0.05) is 23.7 Å². The highest BCUT2D eigenvalue weighted by Gasteiger charge is 2.10. The third kappa shape index (κ3) is 3.85. The second-order valence-corrected chi connectivity index (χ2v) is 6.58. The number of aromatic nitrogens is 2. The van der Waals surface area contributed by atoms with Crippen molar-refractivity contribution in [3.8, 4) is 11.3 Å². The molecule has 0 saturated heterocycles. The van der Waals surface area contributed by atoms with Crippen LogP contribution in [0, 0.1) is 6.92 Å². The molecule has 0 bridgehead atoms. The first-order valence-electron chi connectivity index (χ1n) is 6.83. The molecule has 1 amide bonds. The summed E-state index contributed by atoms with van der Waals surface area (Å²) in [6.07, 6.45) is 1.62. The number of carbonyl (C=O) groups excluding carboxylic acids is 1. The Morgan fingerprint density at radius 1 is 1.30 bits per heavy atom. The lowest BCUT2D eigenvalue weighted by Gasteiger charge is -1.95. The molecule has 7 heteroatoms. The summed E-state index contributed by atoms with van der Waals surface area (Å²) in [6, 6.07) is 12.9. The summed E-state index contributed by atoms with van der Waals surface area (Å²) >= 11 is 7.46. The fraction of sp³-hybridized carbons (Fsp3) is 0.0625. The molecule has 2 aromatic heterocycles. The van der Waals surface area contributed by atoms with E-state index in [9.17, 15) is 4.79 Å². The maximum absolute atomic E-state index is 12.0. The molecular formula is C16H13ClN4OS. The van der Waals surface area contributed by atoms with Gasteiger partial charge in [0.05, 0.1) is 11.9 Å². The van der Waals surface area contributed by atoms with Crippen molar-refractivity contribution >= 4 is 35.1 Å². The van der Waals surface area contributed by atoms with Crippen LogP contribution in [0.3, 0.4) is 0 Å². The molecule has 116 valence electrons. The summed E-state index contributed by atoms with van der Waals surface area (Å²) < 4.78 is 0. The number of carbonyl (C=O) groups is 1. The van der Waals surface area contributed by atoms with Gasteiger partial charge in [-0.3, -0.25) is 9.89 Å². The third-order valence-electron chi connectivity index (χ3n) is 3.08. The first-order chi connectivity index (χ1) is 11.1. The van der Waals surface area contributed by atoms with Crippen LogP contribution in [0.15, 0.2) is 47.6 Å². The summed E-state index contributed by atoms with van der Waals surface area (Å²) in [5, 5.41) is 11.4. The number of aryl methyl sites for hydroxylation is 1. The van der Waals surface area contributed by atoms with Gasteiger partial charge in [0.2, 0.25) is 0 Å². The van der Waals surface area contributed by atoms with Crippen molar-refractivity contribution in [3.05, 3.63) is 62.9 Å². The molecule has 0 spiro atoms. The predicted molar refractivity (Wildman–Crippen MR) is 93.1 cm³/mol. The number of benzene rings is 1. The molecule has 0 saturated carbocycles. The molecule has 0 radical (unpaired) electrons. The van der Waals surface area contributed by atoms with E-state index >= 15 is 0 Å². The van der Waals surface area contributed by atoms with Gasteiger partial charge < -0.3 is 0 Å². The van der Waals surface area contributed by atoms with Crippen LogP contribution in [0.5, 0.6) is 0 Å². The van der Waals surface area contributed by atoms with Crippen molar-refractivity contribution < 1.29 is 4.79 Å². The van der Waals surface area contributed by atoms with Crippen LogP contribution in [0.2, 0.25) is 5.02 Å². The second-order valence-electron chi connectivity index (χ2n) is 4.82. The summed E-state index contributed by atoms with van der Waals surface area (Å²) in [7, 11) is 0. The molecule has 2 heterocycles. The van der Waals surface area contributed by atoms with Gasteiger partial charge in [0.25, 0.3) is 5.91 Å². The van der Waals surface area contributed by atoms with Crippen LogP contribution in [0.4, 0.5) is 0 Å². The summed E-state index contributed by atoms with van der Waals surface area (Å²) in [6.45, 7) is 2.02. The molecule has 3 aromatic rings. The number of rotatable bonds is 4. The number of aromatic amines is 1. The Kier molecular flexibility index (Phi) is 4.55. The average Bonchev–Trinajstić information content (AvgIpc) is 3.17. The van der Waals surface area contributed by atoms with Gasteiger partial charge in [-0.05, 0) is 37.3 Å². The van der Waals surface area contributed by atoms with E-state index in [4.69, 9.17) is 11.6 Å². The summed E-state index contributed by atoms with van der Waals surface area (Å²) in [5.41, 5.74) is 4.37. The molecule has 23 heavy (non-hydrogen) atoms. The van der Waals surface area contributed by atoms with E-state index in [0.717, 1.165) is 10.4 Å². The highest BCUT2D eigenvalue weighted by molar-refractivity contribution is 7.13. The average molecular weight is 345 g/mol. The molecule has 5 nitrogen and oxygen atoms in total. The molecule has 0 aliphatic rings. The topological polar surface area (TPSA) is 70.1 Å². The zero-order chi connectivity index (χ0) is 16.2. The van der Waals surface area contributed by atoms with Crippen LogP contribution in [0.25, 0.3) is 11.3 Å². The predicted octanol–water partition coefficient (Wildman–Crippen LogP) is 3.86. The van der Waals surface area contributed by atoms with E-state index in [0.29, 0.717) is 16.4 Å². The largest absolute Gasteiger partial charge is 0.289 e. The normalized spacial score (nSPS) is 11.0. The van der Waals surface area contributed by atoms with Crippen molar-refractivity contribution in [3.63, 3.8) is 0 Å². The zero-order valence-corrected chi connectivity index (χ0v) is 13.8. The van der Waals surface area contributed by atoms with E-state index < -0.39 is 0 Å². The van der Waals surface area contributed by atoms with Crippen molar-refractivity contribution in [2.45, 2.75) is 6.92 Å². The van der Waals surface area contributed by atoms with E-state index in [1.807, 2.05) is 31.2 Å². The highest BCUT2D eigenvalue weighted by atomic mass is 35.5. The summed E-state index contributed by atoms with van der Waals surface area (Å²) in [4.78, 5) is 14.2. The number of nitrogens with one attached hydrogen (secondary N) is 2. The molecular weight excluding hydrogens is 332 g/mol. The number of thiophene rings is 1. The van der Waals surface area contributed by atoms with E-state index in [1.165, 1.54) is 4.88 Å².